The van der Waals surface area contributed by atoms with Crippen molar-refractivity contribution >= 4 is 5.97 Å². The SMILES string of the molecule is C#CC(C)OC(=O)c1cc(-n2cccn2)ccn1. The minimum atomic E-state index is -0.576. The van der Waals surface area contributed by atoms with Crippen LogP contribution in [-0.4, -0.2) is 26.8 Å². The summed E-state index contributed by atoms with van der Waals surface area (Å²) in [6, 6.07) is 5.13. The highest BCUT2D eigenvalue weighted by Crippen LogP contribution is 2.08. The molecule has 1 unspecified atom stereocenters. The van der Waals surface area contributed by atoms with Gasteiger partial charge >= 0.3 is 5.97 Å². The van der Waals surface area contributed by atoms with Gasteiger partial charge in [-0.25, -0.2) is 14.5 Å². The molecule has 0 saturated carbocycles. The van der Waals surface area contributed by atoms with Crippen LogP contribution < -0.4 is 0 Å². The quantitative estimate of drug-likeness (QED) is 0.602. The highest BCUT2D eigenvalue weighted by molar-refractivity contribution is 5.88. The highest BCUT2D eigenvalue weighted by atomic mass is 16.5. The summed E-state index contributed by atoms with van der Waals surface area (Å²) >= 11 is 0. The third kappa shape index (κ3) is 2.55. The van der Waals surface area contributed by atoms with Crippen LogP contribution in [0.5, 0.6) is 0 Å². The predicted octanol–water partition coefficient (Wildman–Crippen LogP) is 1.45. The van der Waals surface area contributed by atoms with Gasteiger partial charge in [-0.15, -0.1) is 6.42 Å². The smallest absolute Gasteiger partial charge is 0.358 e. The number of ether oxygens (including phenoxy) is 1. The van der Waals surface area contributed by atoms with Crippen LogP contribution in [0.2, 0.25) is 0 Å². The van der Waals surface area contributed by atoms with Crippen LogP contribution >= 0.6 is 0 Å². The summed E-state index contributed by atoms with van der Waals surface area (Å²) in [5.74, 6) is 1.77. The summed E-state index contributed by atoms with van der Waals surface area (Å²) in [5, 5.41) is 4.07. The molecule has 0 saturated heterocycles. The number of carbonyl (C=O) groups is 1. The van der Waals surface area contributed by atoms with Gasteiger partial charge < -0.3 is 4.74 Å². The average molecular weight is 241 g/mol. The van der Waals surface area contributed by atoms with E-state index in [-0.39, 0.29) is 5.69 Å². The largest absolute Gasteiger partial charge is 0.445 e. The van der Waals surface area contributed by atoms with E-state index in [1.165, 1.54) is 6.20 Å². The zero-order chi connectivity index (χ0) is 13.0. The molecule has 0 N–H and O–H groups in total. The van der Waals surface area contributed by atoms with E-state index in [0.717, 1.165) is 5.69 Å². The second-order valence-electron chi connectivity index (χ2n) is 3.56. The molecule has 2 rings (SSSR count). The number of nitrogens with zero attached hydrogens (tertiary/aromatic N) is 3. The van der Waals surface area contributed by atoms with Crippen molar-refractivity contribution in [3.8, 4) is 18.0 Å². The lowest BCUT2D eigenvalue weighted by molar-refractivity contribution is 0.0432. The Labute approximate surface area is 104 Å². The van der Waals surface area contributed by atoms with Gasteiger partial charge in [0.05, 0.1) is 5.69 Å². The number of esters is 1. The van der Waals surface area contributed by atoms with Crippen molar-refractivity contribution in [1.29, 1.82) is 0 Å². The fourth-order valence-electron chi connectivity index (χ4n) is 1.35. The first-order valence-electron chi connectivity index (χ1n) is 5.34. The minimum absolute atomic E-state index is 0.199. The van der Waals surface area contributed by atoms with E-state index < -0.39 is 12.1 Å². The van der Waals surface area contributed by atoms with E-state index in [1.54, 1.807) is 42.2 Å². The molecule has 0 bridgehead atoms. The molecule has 0 aliphatic rings. The van der Waals surface area contributed by atoms with Gasteiger partial charge in [0.2, 0.25) is 0 Å². The van der Waals surface area contributed by atoms with Gasteiger partial charge in [-0.05, 0) is 25.1 Å². The lowest BCUT2D eigenvalue weighted by atomic mass is 10.3. The summed E-state index contributed by atoms with van der Waals surface area (Å²) in [5.41, 5.74) is 0.931. The Hall–Kier alpha value is -2.61. The predicted molar refractivity (Wildman–Crippen MR) is 65.1 cm³/mol. The number of rotatable bonds is 3. The van der Waals surface area contributed by atoms with Gasteiger partial charge in [-0.1, -0.05) is 5.92 Å². The van der Waals surface area contributed by atoms with Crippen molar-refractivity contribution in [3.05, 3.63) is 42.5 Å². The van der Waals surface area contributed by atoms with E-state index in [2.05, 4.69) is 16.0 Å². The van der Waals surface area contributed by atoms with Crippen molar-refractivity contribution in [2.24, 2.45) is 0 Å². The van der Waals surface area contributed by atoms with E-state index in [4.69, 9.17) is 11.2 Å². The van der Waals surface area contributed by atoms with Crippen LogP contribution in [0.1, 0.15) is 17.4 Å². The van der Waals surface area contributed by atoms with Crippen molar-refractivity contribution < 1.29 is 9.53 Å². The average Bonchev–Trinajstić information content (AvgIpc) is 2.92. The van der Waals surface area contributed by atoms with Crippen LogP contribution in [0, 0.1) is 12.3 Å². The fraction of sp³-hybridized carbons (Fsp3) is 0.154. The number of hydrogen-bond acceptors (Lipinski definition) is 4. The molecule has 0 amide bonds. The zero-order valence-corrected chi connectivity index (χ0v) is 9.78. The third-order valence-corrected chi connectivity index (χ3v) is 2.24. The number of carbonyl (C=O) groups excluding carboxylic acids is 1. The van der Waals surface area contributed by atoms with Crippen molar-refractivity contribution in [3.63, 3.8) is 0 Å². The number of pyridine rings is 1. The Balaban J connectivity index is 2.23. The van der Waals surface area contributed by atoms with Crippen molar-refractivity contribution in [2.75, 3.05) is 0 Å². The first-order chi connectivity index (χ1) is 8.70. The Morgan fingerprint density at radius 3 is 3.06 bits per heavy atom. The Bertz CT molecular complexity index is 585. The molecule has 1 atom stereocenters. The van der Waals surface area contributed by atoms with E-state index >= 15 is 0 Å². The molecule has 5 nitrogen and oxygen atoms in total. The van der Waals surface area contributed by atoms with Crippen LogP contribution in [0.15, 0.2) is 36.8 Å². The maximum Gasteiger partial charge on any atom is 0.358 e. The van der Waals surface area contributed by atoms with Gasteiger partial charge in [0, 0.05) is 18.6 Å². The normalized spacial score (nSPS) is 11.6. The minimum Gasteiger partial charge on any atom is -0.445 e. The van der Waals surface area contributed by atoms with Gasteiger partial charge in [0.15, 0.2) is 11.8 Å². The lowest BCUT2D eigenvalue weighted by Gasteiger charge is -2.07. The first-order valence-corrected chi connectivity index (χ1v) is 5.34. The Morgan fingerprint density at radius 2 is 2.39 bits per heavy atom. The molecular formula is C13H11N3O2. The summed E-state index contributed by atoms with van der Waals surface area (Å²) in [6.07, 6.45) is 9.51. The number of aromatic nitrogens is 3. The van der Waals surface area contributed by atoms with Crippen LogP contribution in [0.4, 0.5) is 0 Å². The maximum atomic E-state index is 11.7. The van der Waals surface area contributed by atoms with Crippen LogP contribution in [0.25, 0.3) is 5.69 Å². The molecule has 90 valence electrons. The fourth-order valence-corrected chi connectivity index (χ4v) is 1.35. The second kappa shape index (κ2) is 5.15. The van der Waals surface area contributed by atoms with Crippen molar-refractivity contribution in [2.45, 2.75) is 13.0 Å². The molecule has 2 heterocycles. The number of hydrogen-bond donors (Lipinski definition) is 0. The summed E-state index contributed by atoms with van der Waals surface area (Å²) in [4.78, 5) is 15.7. The molecule has 0 fully saturated rings. The second-order valence-corrected chi connectivity index (χ2v) is 3.56. The molecule has 5 heteroatoms. The van der Waals surface area contributed by atoms with Crippen LogP contribution in [-0.2, 0) is 4.74 Å². The summed E-state index contributed by atoms with van der Waals surface area (Å²) < 4.78 is 6.62. The van der Waals surface area contributed by atoms with Gasteiger partial charge in [-0.3, -0.25) is 0 Å². The van der Waals surface area contributed by atoms with Crippen LogP contribution in [0.3, 0.4) is 0 Å². The lowest BCUT2D eigenvalue weighted by Crippen LogP contribution is -2.14. The zero-order valence-electron chi connectivity index (χ0n) is 9.78. The van der Waals surface area contributed by atoms with Gasteiger partial charge in [-0.2, -0.15) is 5.10 Å². The molecule has 2 aromatic rings. The first kappa shape index (κ1) is 11.9. The highest BCUT2D eigenvalue weighted by Gasteiger charge is 2.12. The molecule has 2 aromatic heterocycles. The van der Waals surface area contributed by atoms with Gasteiger partial charge in [0.1, 0.15) is 0 Å². The van der Waals surface area contributed by atoms with E-state index in [1.807, 2.05) is 0 Å². The Kier molecular flexibility index (Phi) is 3.39. The van der Waals surface area contributed by atoms with E-state index in [0.29, 0.717) is 0 Å². The molecular weight excluding hydrogens is 230 g/mol. The van der Waals surface area contributed by atoms with Gasteiger partial charge in [0.25, 0.3) is 0 Å². The summed E-state index contributed by atoms with van der Waals surface area (Å²) in [7, 11) is 0. The topological polar surface area (TPSA) is 57.0 Å². The third-order valence-electron chi connectivity index (χ3n) is 2.24. The summed E-state index contributed by atoms with van der Waals surface area (Å²) in [6.45, 7) is 1.62. The molecule has 0 aliphatic carbocycles. The number of terminal acetylenes is 1. The molecule has 0 spiro atoms. The standard InChI is InChI=1S/C13H11N3O2/c1-3-10(2)18-13(17)12-9-11(5-7-14-12)16-8-4-6-15-16/h1,4-10H,2H3. The monoisotopic (exact) mass is 241 g/mol. The van der Waals surface area contributed by atoms with Crippen molar-refractivity contribution in [1.82, 2.24) is 14.8 Å². The molecule has 0 aromatic carbocycles. The Morgan fingerprint density at radius 1 is 1.56 bits per heavy atom. The maximum absolute atomic E-state index is 11.7. The molecule has 0 aliphatic heterocycles. The molecule has 0 radical (unpaired) electrons. The van der Waals surface area contributed by atoms with E-state index in [9.17, 15) is 4.79 Å². The molecule has 18 heavy (non-hydrogen) atoms.